The number of aliphatic hydroxyl groups is 1. The van der Waals surface area contributed by atoms with Crippen molar-refractivity contribution in [1.29, 1.82) is 0 Å². The summed E-state index contributed by atoms with van der Waals surface area (Å²) in [5, 5.41) is 22.8. The average Bonchev–Trinajstić information content (AvgIpc) is 4.02. The lowest BCUT2D eigenvalue weighted by atomic mass is 10.3. The fraction of sp³-hybridized carbons (Fsp3) is 0.500. The molecule has 3 heterocycles. The zero-order chi connectivity index (χ0) is 46.0. The highest BCUT2D eigenvalue weighted by Crippen LogP contribution is 2.32. The minimum absolute atomic E-state index is 0.0209. The molecular formula is C40H50N8O14S. The summed E-state index contributed by atoms with van der Waals surface area (Å²) in [5.41, 5.74) is 1.56. The van der Waals surface area contributed by atoms with Gasteiger partial charge >= 0.3 is 35.9 Å². The molecule has 340 valence electrons. The number of aryl methyl sites for hydroxylation is 1. The Kier molecular flexibility index (Phi) is 16.3. The molecule has 2 aromatic heterocycles. The van der Waals surface area contributed by atoms with Gasteiger partial charge < -0.3 is 54.0 Å². The number of carbonyl (C=O) groups excluding carboxylic acids is 7. The lowest BCUT2D eigenvalue weighted by Gasteiger charge is -2.35. The zero-order valence-electron chi connectivity index (χ0n) is 35.6. The van der Waals surface area contributed by atoms with Crippen LogP contribution in [-0.2, 0) is 57.2 Å². The van der Waals surface area contributed by atoms with Gasteiger partial charge in [0.15, 0.2) is 47.8 Å². The van der Waals surface area contributed by atoms with E-state index in [1.54, 1.807) is 6.07 Å². The summed E-state index contributed by atoms with van der Waals surface area (Å²) in [4.78, 5) is 101. The number of carbonyl (C=O) groups is 7. The Morgan fingerprint density at radius 1 is 0.698 bits per heavy atom. The van der Waals surface area contributed by atoms with Gasteiger partial charge in [-0.05, 0) is 97.3 Å². The molecule has 5 rings (SSSR count). The quantitative estimate of drug-likeness (QED) is 0.0618. The number of hydrogen-bond donors (Lipinski definition) is 4. The van der Waals surface area contributed by atoms with Crippen LogP contribution in [0.5, 0.6) is 0 Å². The van der Waals surface area contributed by atoms with Crippen LogP contribution in [0.15, 0.2) is 46.5 Å². The number of anilines is 4. The molecule has 2 aliphatic rings. The maximum absolute atomic E-state index is 13.1. The van der Waals surface area contributed by atoms with Crippen molar-refractivity contribution in [3.8, 4) is 0 Å². The highest BCUT2D eigenvalue weighted by atomic mass is 32.2. The number of benzene rings is 1. The monoisotopic (exact) mass is 898 g/mol. The molecule has 23 heteroatoms. The van der Waals surface area contributed by atoms with E-state index in [1.165, 1.54) is 44.4 Å². The lowest BCUT2D eigenvalue weighted by molar-refractivity contribution is -0.189. The van der Waals surface area contributed by atoms with Crippen LogP contribution in [0.25, 0.3) is 0 Å². The summed E-state index contributed by atoms with van der Waals surface area (Å²) < 4.78 is 29.8. The Balaban J connectivity index is 1.09. The van der Waals surface area contributed by atoms with E-state index in [-0.39, 0.29) is 24.9 Å². The second-order valence-electron chi connectivity index (χ2n) is 14.7. The van der Waals surface area contributed by atoms with E-state index in [1.807, 2.05) is 42.2 Å². The summed E-state index contributed by atoms with van der Waals surface area (Å²) in [6.45, 7) is 10.1. The van der Waals surface area contributed by atoms with Crippen LogP contribution < -0.4 is 15.5 Å². The molecule has 6 atom stereocenters. The molecule has 1 saturated carbocycles. The molecule has 1 aromatic carbocycles. The minimum atomic E-state index is -1.55. The molecule has 63 heavy (non-hydrogen) atoms. The van der Waals surface area contributed by atoms with Gasteiger partial charge in [0.2, 0.25) is 5.91 Å². The van der Waals surface area contributed by atoms with E-state index in [9.17, 15) is 33.6 Å². The smallest absolute Gasteiger partial charge is 0.410 e. The number of nitrogens with one attached hydrogen (secondary N) is 3. The average molecular weight is 899 g/mol. The molecule has 2 amide bonds. The molecule has 3 aromatic rings. The van der Waals surface area contributed by atoms with Gasteiger partial charge in [0.25, 0.3) is 0 Å². The number of piperazine rings is 1. The summed E-state index contributed by atoms with van der Waals surface area (Å²) in [5.74, 6) is -3.74. The molecule has 6 unspecified atom stereocenters. The summed E-state index contributed by atoms with van der Waals surface area (Å²) in [6, 6.07) is 11.0. The van der Waals surface area contributed by atoms with Crippen molar-refractivity contribution in [1.82, 2.24) is 25.1 Å². The number of rotatable bonds is 18. The Hall–Kier alpha value is -6.49. The molecule has 2 fully saturated rings. The Morgan fingerprint density at radius 2 is 1.21 bits per heavy atom. The number of hydrogen-bond acceptors (Lipinski definition) is 20. The Morgan fingerprint density at radius 3 is 1.68 bits per heavy atom. The normalized spacial score (nSPS) is 16.5. The molecule has 0 spiro atoms. The van der Waals surface area contributed by atoms with Crippen molar-refractivity contribution in [2.45, 2.75) is 108 Å². The number of esters is 5. The van der Waals surface area contributed by atoms with E-state index in [4.69, 9.17) is 33.8 Å². The minimum Gasteiger partial charge on any atom is -0.448 e. The molecular weight excluding hydrogens is 849 g/mol. The molecule has 1 saturated heterocycles. The van der Waals surface area contributed by atoms with E-state index >= 15 is 0 Å². The van der Waals surface area contributed by atoms with Gasteiger partial charge in [0.05, 0.1) is 0 Å². The SMILES string of the molecule is Cc1cc(Nc2cc(N3CCN(C(=O)OC(C)C(=O)OC(C)C(=O)OC(C)C(=O)OC(C)C(=O)OC(C)C(=O)OC(C)O)CC3)nc(Sc3ccc(NC(=O)C4CC4)cc3)n2)n[nH]1. The first-order valence-electron chi connectivity index (χ1n) is 20.0. The van der Waals surface area contributed by atoms with Crippen LogP contribution in [-0.4, -0.2) is 135 Å². The van der Waals surface area contributed by atoms with Crippen LogP contribution >= 0.6 is 11.8 Å². The van der Waals surface area contributed by atoms with Gasteiger partial charge in [-0.25, -0.2) is 38.7 Å². The maximum atomic E-state index is 13.1. The van der Waals surface area contributed by atoms with Crippen molar-refractivity contribution in [3.63, 3.8) is 0 Å². The number of aromatic nitrogens is 4. The first kappa shape index (κ1) is 47.6. The standard InChI is InChI=1S/C40H50N8O14S/c1-20-18-31(46-45-20)42-30-19-32(44-39(43-30)63-29-12-10-28(11-13-29)41-33(50)27-8-9-27)47-14-16-48(17-15-47)40(56)61-25(6)37(54)59-23(4)35(52)57-21(2)34(51)58-22(3)36(53)60-24(5)38(55)62-26(7)49/h10-13,18-19,21-27,49H,8-9,14-17H2,1-7H3,(H,41,50)(H2,42,43,44,45,46). The summed E-state index contributed by atoms with van der Waals surface area (Å²) in [6.07, 6.45) is -7.85. The third kappa shape index (κ3) is 14.3. The largest absolute Gasteiger partial charge is 0.448 e. The van der Waals surface area contributed by atoms with Crippen LogP contribution in [0.2, 0.25) is 0 Å². The Bertz CT molecular complexity index is 2140. The number of H-pyrrole nitrogens is 1. The van der Waals surface area contributed by atoms with Crippen molar-refractivity contribution >= 4 is 76.7 Å². The van der Waals surface area contributed by atoms with Gasteiger partial charge in [-0.2, -0.15) is 5.10 Å². The topological polar surface area (TPSA) is 280 Å². The van der Waals surface area contributed by atoms with Crippen molar-refractivity contribution in [2.24, 2.45) is 5.92 Å². The maximum Gasteiger partial charge on any atom is 0.410 e. The zero-order valence-corrected chi connectivity index (χ0v) is 36.5. The van der Waals surface area contributed by atoms with Crippen molar-refractivity contribution in [3.05, 3.63) is 42.1 Å². The van der Waals surface area contributed by atoms with Crippen molar-refractivity contribution in [2.75, 3.05) is 41.7 Å². The Labute approximate surface area is 366 Å². The van der Waals surface area contributed by atoms with Crippen LogP contribution in [0, 0.1) is 12.8 Å². The molecule has 0 radical (unpaired) electrons. The van der Waals surface area contributed by atoms with Crippen LogP contribution in [0.1, 0.15) is 60.1 Å². The van der Waals surface area contributed by atoms with E-state index in [2.05, 4.69) is 30.6 Å². The second kappa shape index (κ2) is 21.5. The van der Waals surface area contributed by atoms with Crippen LogP contribution in [0.4, 0.5) is 27.9 Å². The first-order valence-corrected chi connectivity index (χ1v) is 20.8. The molecule has 4 N–H and O–H groups in total. The summed E-state index contributed by atoms with van der Waals surface area (Å²) >= 11 is 1.33. The highest BCUT2D eigenvalue weighted by Gasteiger charge is 2.33. The number of aromatic amines is 1. The van der Waals surface area contributed by atoms with E-state index < -0.39 is 72.7 Å². The molecule has 0 bridgehead atoms. The van der Waals surface area contributed by atoms with Gasteiger partial charge in [-0.15, -0.1) is 0 Å². The van der Waals surface area contributed by atoms with E-state index in [0.29, 0.717) is 41.4 Å². The van der Waals surface area contributed by atoms with E-state index in [0.717, 1.165) is 37.3 Å². The second-order valence-corrected chi connectivity index (χ2v) is 15.7. The number of nitrogens with zero attached hydrogens (tertiary/aromatic N) is 5. The fourth-order valence-corrected chi connectivity index (χ4v) is 6.29. The lowest BCUT2D eigenvalue weighted by Crippen LogP contribution is -2.50. The summed E-state index contributed by atoms with van der Waals surface area (Å²) in [7, 11) is 0. The van der Waals surface area contributed by atoms with Gasteiger partial charge in [0, 0.05) is 60.5 Å². The fourth-order valence-electron chi connectivity index (χ4n) is 5.53. The third-order valence-corrected chi connectivity index (χ3v) is 10.1. The number of amides is 2. The van der Waals surface area contributed by atoms with Crippen LogP contribution in [0.3, 0.4) is 0 Å². The number of aliphatic hydroxyl groups excluding tert-OH is 1. The molecule has 1 aliphatic carbocycles. The predicted octanol–water partition coefficient (Wildman–Crippen LogP) is 3.01. The number of ether oxygens (including phenoxy) is 6. The van der Waals surface area contributed by atoms with Gasteiger partial charge in [-0.3, -0.25) is 9.89 Å². The highest BCUT2D eigenvalue weighted by molar-refractivity contribution is 7.99. The third-order valence-electron chi connectivity index (χ3n) is 9.19. The molecule has 22 nitrogen and oxygen atoms in total. The predicted molar refractivity (Wildman–Crippen MR) is 220 cm³/mol. The molecule has 1 aliphatic heterocycles. The van der Waals surface area contributed by atoms with Gasteiger partial charge in [-0.1, -0.05) is 0 Å². The first-order chi connectivity index (χ1) is 29.8. The van der Waals surface area contributed by atoms with Gasteiger partial charge in [0.1, 0.15) is 11.6 Å². The van der Waals surface area contributed by atoms with Crippen molar-refractivity contribution < 1.29 is 67.1 Å².